The molecule has 1 aromatic carbocycles. The maximum atomic E-state index is 11.0. The Morgan fingerprint density at radius 1 is 1.57 bits per heavy atom. The quantitative estimate of drug-likeness (QED) is 0.580. The van der Waals surface area contributed by atoms with Crippen LogP contribution in [0.25, 0.3) is 0 Å². The first-order valence-corrected chi connectivity index (χ1v) is 4.14. The molecule has 2 N–H and O–H groups in total. The van der Waals surface area contributed by atoms with Crippen LogP contribution in [0.15, 0.2) is 18.2 Å². The lowest BCUT2D eigenvalue weighted by molar-refractivity contribution is -0.385. The van der Waals surface area contributed by atoms with Crippen molar-refractivity contribution in [3.63, 3.8) is 0 Å². The molecule has 0 aliphatic heterocycles. The molecule has 74 valence electrons. The molecule has 0 unspecified atom stereocenters. The van der Waals surface area contributed by atoms with E-state index in [2.05, 4.69) is 0 Å². The van der Waals surface area contributed by atoms with Crippen LogP contribution in [-0.2, 0) is 6.42 Å². The molecule has 0 radical (unpaired) electrons. The Balaban J connectivity index is 3.39. The van der Waals surface area contributed by atoms with Crippen molar-refractivity contribution in [2.45, 2.75) is 13.3 Å². The molecule has 1 rings (SSSR count). The van der Waals surface area contributed by atoms with E-state index in [1.54, 1.807) is 6.92 Å². The molecule has 0 saturated heterocycles. The van der Waals surface area contributed by atoms with Gasteiger partial charge in [0, 0.05) is 17.2 Å². The van der Waals surface area contributed by atoms with Crippen molar-refractivity contribution in [2.75, 3.05) is 0 Å². The monoisotopic (exact) mass is 194 g/mol. The topological polar surface area (TPSA) is 86.2 Å². The number of nitrogens with zero attached hydrogens (tertiary/aromatic N) is 1. The second-order valence-electron chi connectivity index (χ2n) is 2.78. The van der Waals surface area contributed by atoms with Gasteiger partial charge < -0.3 is 5.73 Å². The van der Waals surface area contributed by atoms with Gasteiger partial charge >= 0.3 is 0 Å². The number of carbonyl (C=O) groups excluding carboxylic acids is 1. The molecule has 0 bridgehead atoms. The number of primary amides is 1. The van der Waals surface area contributed by atoms with Crippen LogP contribution < -0.4 is 5.73 Å². The third-order valence-corrected chi connectivity index (χ3v) is 1.97. The van der Waals surface area contributed by atoms with E-state index < -0.39 is 10.8 Å². The highest BCUT2D eigenvalue weighted by molar-refractivity contribution is 5.95. The zero-order valence-electron chi connectivity index (χ0n) is 7.69. The van der Waals surface area contributed by atoms with Gasteiger partial charge in [0.15, 0.2) is 0 Å². The Labute approximate surface area is 80.7 Å². The largest absolute Gasteiger partial charge is 0.366 e. The summed E-state index contributed by atoms with van der Waals surface area (Å²) in [6.07, 6.45) is 0.412. The number of nitrogens with two attached hydrogens (primary N) is 1. The Kier molecular flexibility index (Phi) is 2.81. The number of nitro benzene ring substituents is 1. The molecule has 0 saturated carbocycles. The summed E-state index contributed by atoms with van der Waals surface area (Å²) in [6.45, 7) is 1.74. The number of nitro groups is 1. The Bertz CT molecular complexity index is 355. The molecule has 14 heavy (non-hydrogen) atoms. The fourth-order valence-electron chi connectivity index (χ4n) is 1.35. The van der Waals surface area contributed by atoms with Crippen molar-refractivity contribution < 1.29 is 9.72 Å². The van der Waals surface area contributed by atoms with E-state index in [1.165, 1.54) is 18.2 Å². The van der Waals surface area contributed by atoms with E-state index >= 15 is 0 Å². The molecule has 0 aliphatic rings. The lowest BCUT2D eigenvalue weighted by Crippen LogP contribution is -2.14. The van der Waals surface area contributed by atoms with Crippen LogP contribution in [0.1, 0.15) is 22.8 Å². The summed E-state index contributed by atoms with van der Waals surface area (Å²) >= 11 is 0. The van der Waals surface area contributed by atoms with Gasteiger partial charge in [-0.2, -0.15) is 0 Å². The fourth-order valence-corrected chi connectivity index (χ4v) is 1.35. The highest BCUT2D eigenvalue weighted by Crippen LogP contribution is 2.22. The molecule has 0 fully saturated rings. The molecule has 5 heteroatoms. The minimum absolute atomic E-state index is 0.0520. The van der Waals surface area contributed by atoms with Crippen LogP contribution in [-0.4, -0.2) is 10.8 Å². The normalized spacial score (nSPS) is 9.79. The second-order valence-corrected chi connectivity index (χ2v) is 2.78. The number of carbonyl (C=O) groups is 1. The lowest BCUT2D eigenvalue weighted by atomic mass is 10.0. The summed E-state index contributed by atoms with van der Waals surface area (Å²) in [5, 5.41) is 10.6. The first-order chi connectivity index (χ1) is 6.57. The van der Waals surface area contributed by atoms with E-state index in [9.17, 15) is 14.9 Å². The van der Waals surface area contributed by atoms with Crippen LogP contribution in [0.2, 0.25) is 0 Å². The number of amides is 1. The maximum absolute atomic E-state index is 11.0. The molecule has 5 nitrogen and oxygen atoms in total. The van der Waals surface area contributed by atoms with Crippen LogP contribution in [0.3, 0.4) is 0 Å². The minimum atomic E-state index is -0.634. The Morgan fingerprint density at radius 2 is 2.21 bits per heavy atom. The zero-order chi connectivity index (χ0) is 10.7. The minimum Gasteiger partial charge on any atom is -0.366 e. The van der Waals surface area contributed by atoms with Gasteiger partial charge in [0.2, 0.25) is 5.91 Å². The summed E-state index contributed by atoms with van der Waals surface area (Å²) < 4.78 is 0. The molecule has 0 heterocycles. The van der Waals surface area contributed by atoms with Gasteiger partial charge in [-0.15, -0.1) is 0 Å². The van der Waals surface area contributed by atoms with Gasteiger partial charge in [-0.05, 0) is 12.5 Å². The van der Waals surface area contributed by atoms with Gasteiger partial charge in [0.25, 0.3) is 5.69 Å². The smallest absolute Gasteiger partial charge is 0.273 e. The standard InChI is InChI=1S/C9H10N2O3/c1-2-6-7(9(10)12)4-3-5-8(6)11(13)14/h3-5H,2H2,1H3,(H2,10,12). The SMILES string of the molecule is CCc1c(C(N)=O)cccc1[N+](=O)[O-]. The number of benzene rings is 1. The third-order valence-electron chi connectivity index (χ3n) is 1.97. The van der Waals surface area contributed by atoms with E-state index in [0.29, 0.717) is 12.0 Å². The van der Waals surface area contributed by atoms with Crippen molar-refractivity contribution in [1.82, 2.24) is 0 Å². The predicted molar refractivity (Wildman–Crippen MR) is 51.0 cm³/mol. The van der Waals surface area contributed by atoms with E-state index in [-0.39, 0.29) is 11.3 Å². The number of hydrogen-bond acceptors (Lipinski definition) is 3. The second kappa shape index (κ2) is 3.87. The summed E-state index contributed by atoms with van der Waals surface area (Å²) in [7, 11) is 0. The summed E-state index contributed by atoms with van der Waals surface area (Å²) in [4.78, 5) is 21.1. The van der Waals surface area contributed by atoms with Crippen LogP contribution in [0.5, 0.6) is 0 Å². The molecule has 0 aromatic heterocycles. The highest BCUT2D eigenvalue weighted by Gasteiger charge is 2.17. The van der Waals surface area contributed by atoms with Gasteiger partial charge in [-0.3, -0.25) is 14.9 Å². The molecule has 1 amide bonds. The van der Waals surface area contributed by atoms with E-state index in [1.807, 2.05) is 0 Å². The Hall–Kier alpha value is -1.91. The van der Waals surface area contributed by atoms with E-state index in [4.69, 9.17) is 5.73 Å². The predicted octanol–water partition coefficient (Wildman–Crippen LogP) is 1.26. The van der Waals surface area contributed by atoms with Crippen LogP contribution in [0.4, 0.5) is 5.69 Å². The Morgan fingerprint density at radius 3 is 2.64 bits per heavy atom. The fraction of sp³-hybridized carbons (Fsp3) is 0.222. The van der Waals surface area contributed by atoms with Gasteiger partial charge in [0.05, 0.1) is 4.92 Å². The maximum Gasteiger partial charge on any atom is 0.273 e. The van der Waals surface area contributed by atoms with Crippen molar-refractivity contribution in [3.8, 4) is 0 Å². The first kappa shape index (κ1) is 10.2. The molecule has 0 spiro atoms. The molecule has 1 aromatic rings. The average molecular weight is 194 g/mol. The van der Waals surface area contributed by atoms with Crippen molar-refractivity contribution >= 4 is 11.6 Å². The van der Waals surface area contributed by atoms with Gasteiger partial charge in [-0.25, -0.2) is 0 Å². The van der Waals surface area contributed by atoms with Crippen LogP contribution in [0, 0.1) is 10.1 Å². The molecular weight excluding hydrogens is 184 g/mol. The van der Waals surface area contributed by atoms with Crippen molar-refractivity contribution in [1.29, 1.82) is 0 Å². The summed E-state index contributed by atoms with van der Waals surface area (Å²) in [5.74, 6) is -0.634. The lowest BCUT2D eigenvalue weighted by Gasteiger charge is -2.03. The average Bonchev–Trinajstić information content (AvgIpc) is 2.16. The van der Waals surface area contributed by atoms with Gasteiger partial charge in [0.1, 0.15) is 0 Å². The van der Waals surface area contributed by atoms with Crippen molar-refractivity contribution in [2.24, 2.45) is 5.73 Å². The molecular formula is C9H10N2O3. The zero-order valence-corrected chi connectivity index (χ0v) is 7.69. The van der Waals surface area contributed by atoms with Crippen molar-refractivity contribution in [3.05, 3.63) is 39.4 Å². The molecule has 0 aliphatic carbocycles. The summed E-state index contributed by atoms with van der Waals surface area (Å²) in [6, 6.07) is 4.32. The summed E-state index contributed by atoms with van der Waals surface area (Å²) in [5.41, 5.74) is 5.66. The first-order valence-electron chi connectivity index (χ1n) is 4.14. The van der Waals surface area contributed by atoms with E-state index in [0.717, 1.165) is 0 Å². The van der Waals surface area contributed by atoms with Crippen LogP contribution >= 0.6 is 0 Å². The number of hydrogen-bond donors (Lipinski definition) is 1. The van der Waals surface area contributed by atoms with Gasteiger partial charge in [-0.1, -0.05) is 13.0 Å². The molecule has 0 atom stereocenters. The number of rotatable bonds is 3. The highest BCUT2D eigenvalue weighted by atomic mass is 16.6. The third kappa shape index (κ3) is 1.71.